The highest BCUT2D eigenvalue weighted by Gasteiger charge is 2.12. The lowest BCUT2D eigenvalue weighted by Crippen LogP contribution is -2.44. The molecule has 0 radical (unpaired) electrons. The Morgan fingerprint density at radius 1 is 1.24 bits per heavy atom. The van der Waals surface area contributed by atoms with Gasteiger partial charge in [0.15, 0.2) is 0 Å². The van der Waals surface area contributed by atoms with Gasteiger partial charge in [-0.3, -0.25) is 4.79 Å². The molecule has 0 bridgehead atoms. The summed E-state index contributed by atoms with van der Waals surface area (Å²) in [4.78, 5) is 11.5. The van der Waals surface area contributed by atoms with Crippen LogP contribution in [0.2, 0.25) is 0 Å². The normalized spacial score (nSPS) is 11.3. The van der Waals surface area contributed by atoms with Crippen molar-refractivity contribution in [3.63, 3.8) is 0 Å². The standard InChI is InChI=1S/C13H19IN2O/c1-13(2,3)16-12(17)9-15-8-10-4-6-11(14)7-5-10/h4-7,15H,8-9H2,1-3H3,(H,16,17). The largest absolute Gasteiger partial charge is 0.350 e. The fourth-order valence-corrected chi connectivity index (χ4v) is 1.74. The summed E-state index contributed by atoms with van der Waals surface area (Å²) in [5.74, 6) is 0.0306. The Balaban J connectivity index is 2.28. The van der Waals surface area contributed by atoms with Gasteiger partial charge in [-0.1, -0.05) is 12.1 Å². The van der Waals surface area contributed by atoms with E-state index >= 15 is 0 Å². The molecule has 0 aromatic heterocycles. The molecule has 4 heteroatoms. The first-order chi connectivity index (χ1) is 7.87. The molecule has 0 saturated carbocycles. The van der Waals surface area contributed by atoms with Crippen molar-refractivity contribution in [3.8, 4) is 0 Å². The van der Waals surface area contributed by atoms with Crippen molar-refractivity contribution in [2.75, 3.05) is 6.54 Å². The molecule has 3 nitrogen and oxygen atoms in total. The van der Waals surface area contributed by atoms with E-state index in [2.05, 4.69) is 57.5 Å². The predicted octanol–water partition coefficient (Wildman–Crippen LogP) is 2.30. The average Bonchev–Trinajstić information content (AvgIpc) is 2.18. The molecule has 0 unspecified atom stereocenters. The molecule has 0 aliphatic heterocycles. The van der Waals surface area contributed by atoms with Gasteiger partial charge in [0.2, 0.25) is 5.91 Å². The lowest BCUT2D eigenvalue weighted by atomic mass is 10.1. The zero-order valence-electron chi connectivity index (χ0n) is 10.5. The first kappa shape index (κ1) is 14.4. The summed E-state index contributed by atoms with van der Waals surface area (Å²) < 4.78 is 1.22. The van der Waals surface area contributed by atoms with Gasteiger partial charge in [-0.25, -0.2) is 0 Å². The van der Waals surface area contributed by atoms with E-state index in [9.17, 15) is 4.79 Å². The van der Waals surface area contributed by atoms with Gasteiger partial charge in [0.1, 0.15) is 0 Å². The van der Waals surface area contributed by atoms with Gasteiger partial charge in [0.05, 0.1) is 6.54 Å². The van der Waals surface area contributed by atoms with Crippen LogP contribution in [0, 0.1) is 3.57 Å². The summed E-state index contributed by atoms with van der Waals surface area (Å²) in [6.07, 6.45) is 0. The number of carbonyl (C=O) groups excluding carboxylic acids is 1. The number of nitrogens with one attached hydrogen (secondary N) is 2. The van der Waals surface area contributed by atoms with E-state index < -0.39 is 0 Å². The third-order valence-electron chi connectivity index (χ3n) is 2.04. The minimum Gasteiger partial charge on any atom is -0.350 e. The van der Waals surface area contributed by atoms with Crippen LogP contribution in [0.4, 0.5) is 0 Å². The van der Waals surface area contributed by atoms with Gasteiger partial charge >= 0.3 is 0 Å². The van der Waals surface area contributed by atoms with E-state index in [1.807, 2.05) is 20.8 Å². The second-order valence-corrected chi connectivity index (χ2v) is 6.27. The number of benzene rings is 1. The maximum atomic E-state index is 11.5. The number of halogens is 1. The van der Waals surface area contributed by atoms with E-state index in [-0.39, 0.29) is 11.4 Å². The van der Waals surface area contributed by atoms with Crippen LogP contribution in [0.1, 0.15) is 26.3 Å². The molecule has 1 rings (SSSR count). The molecular weight excluding hydrogens is 327 g/mol. The summed E-state index contributed by atoms with van der Waals surface area (Å²) in [6, 6.07) is 8.26. The van der Waals surface area contributed by atoms with Gasteiger partial charge in [-0.2, -0.15) is 0 Å². The summed E-state index contributed by atoms with van der Waals surface area (Å²) in [5.41, 5.74) is 1.02. The monoisotopic (exact) mass is 346 g/mol. The molecule has 0 heterocycles. The molecule has 0 atom stereocenters. The highest BCUT2D eigenvalue weighted by Crippen LogP contribution is 2.06. The Labute approximate surface area is 117 Å². The smallest absolute Gasteiger partial charge is 0.234 e. The van der Waals surface area contributed by atoms with E-state index in [4.69, 9.17) is 0 Å². The molecule has 0 saturated heterocycles. The van der Waals surface area contributed by atoms with Crippen LogP contribution in [0.15, 0.2) is 24.3 Å². The van der Waals surface area contributed by atoms with Crippen LogP contribution in [0.25, 0.3) is 0 Å². The van der Waals surface area contributed by atoms with Gasteiger partial charge in [0, 0.05) is 15.7 Å². The molecular formula is C13H19IN2O. The summed E-state index contributed by atoms with van der Waals surface area (Å²) in [6.45, 7) is 7.00. The van der Waals surface area contributed by atoms with Gasteiger partial charge < -0.3 is 10.6 Å². The van der Waals surface area contributed by atoms with Gasteiger partial charge in [-0.05, 0) is 61.1 Å². The Bertz CT molecular complexity index is 368. The maximum Gasteiger partial charge on any atom is 0.234 e. The van der Waals surface area contributed by atoms with Crippen molar-refractivity contribution < 1.29 is 4.79 Å². The van der Waals surface area contributed by atoms with Gasteiger partial charge in [-0.15, -0.1) is 0 Å². The topological polar surface area (TPSA) is 41.1 Å². The fourth-order valence-electron chi connectivity index (χ4n) is 1.39. The molecule has 1 aromatic carbocycles. The van der Waals surface area contributed by atoms with Crippen molar-refractivity contribution in [2.24, 2.45) is 0 Å². The van der Waals surface area contributed by atoms with E-state index in [0.717, 1.165) is 0 Å². The second-order valence-electron chi connectivity index (χ2n) is 5.03. The number of rotatable bonds is 4. The minimum absolute atomic E-state index is 0.0306. The molecule has 1 amide bonds. The zero-order valence-corrected chi connectivity index (χ0v) is 12.7. The molecule has 2 N–H and O–H groups in total. The summed E-state index contributed by atoms with van der Waals surface area (Å²) in [5, 5.41) is 6.04. The number of hydrogen-bond acceptors (Lipinski definition) is 2. The Morgan fingerprint density at radius 2 is 1.82 bits per heavy atom. The Morgan fingerprint density at radius 3 is 2.35 bits per heavy atom. The first-order valence-electron chi connectivity index (χ1n) is 5.63. The number of hydrogen-bond donors (Lipinski definition) is 2. The van der Waals surface area contributed by atoms with Crippen molar-refractivity contribution in [1.82, 2.24) is 10.6 Å². The Hall–Kier alpha value is -0.620. The van der Waals surface area contributed by atoms with Crippen molar-refractivity contribution in [2.45, 2.75) is 32.9 Å². The minimum atomic E-state index is -0.165. The number of carbonyl (C=O) groups is 1. The van der Waals surface area contributed by atoms with Crippen LogP contribution in [0.3, 0.4) is 0 Å². The predicted molar refractivity (Wildman–Crippen MR) is 78.8 cm³/mol. The quantitative estimate of drug-likeness (QED) is 0.822. The van der Waals surface area contributed by atoms with E-state index in [1.165, 1.54) is 9.13 Å². The molecule has 17 heavy (non-hydrogen) atoms. The molecule has 1 aromatic rings. The van der Waals surface area contributed by atoms with Crippen molar-refractivity contribution >= 4 is 28.5 Å². The van der Waals surface area contributed by atoms with E-state index in [1.54, 1.807) is 0 Å². The molecule has 0 fully saturated rings. The van der Waals surface area contributed by atoms with Crippen LogP contribution >= 0.6 is 22.6 Å². The lowest BCUT2D eigenvalue weighted by Gasteiger charge is -2.20. The lowest BCUT2D eigenvalue weighted by molar-refractivity contribution is -0.121. The molecule has 94 valence electrons. The van der Waals surface area contributed by atoms with Crippen LogP contribution in [-0.4, -0.2) is 18.0 Å². The fraction of sp³-hybridized carbons (Fsp3) is 0.462. The van der Waals surface area contributed by atoms with Crippen LogP contribution in [-0.2, 0) is 11.3 Å². The average molecular weight is 346 g/mol. The maximum absolute atomic E-state index is 11.5. The second kappa shape index (κ2) is 6.35. The van der Waals surface area contributed by atoms with Gasteiger partial charge in [0.25, 0.3) is 0 Å². The highest BCUT2D eigenvalue weighted by atomic mass is 127. The third kappa shape index (κ3) is 6.63. The Kier molecular flexibility index (Phi) is 5.39. The highest BCUT2D eigenvalue weighted by molar-refractivity contribution is 14.1. The SMILES string of the molecule is CC(C)(C)NC(=O)CNCc1ccc(I)cc1. The van der Waals surface area contributed by atoms with Crippen LogP contribution in [0.5, 0.6) is 0 Å². The molecule has 0 aliphatic carbocycles. The molecule has 0 aliphatic rings. The van der Waals surface area contributed by atoms with E-state index in [0.29, 0.717) is 13.1 Å². The summed E-state index contributed by atoms with van der Waals surface area (Å²) >= 11 is 2.27. The van der Waals surface area contributed by atoms with Crippen LogP contribution < -0.4 is 10.6 Å². The first-order valence-corrected chi connectivity index (χ1v) is 6.71. The molecule has 0 spiro atoms. The zero-order chi connectivity index (χ0) is 12.9. The summed E-state index contributed by atoms with van der Waals surface area (Å²) in [7, 11) is 0. The third-order valence-corrected chi connectivity index (χ3v) is 2.76. The van der Waals surface area contributed by atoms with Crippen molar-refractivity contribution in [3.05, 3.63) is 33.4 Å². The number of amides is 1. The van der Waals surface area contributed by atoms with Crippen molar-refractivity contribution in [1.29, 1.82) is 0 Å².